The normalized spacial score (nSPS) is 11.4. The summed E-state index contributed by atoms with van der Waals surface area (Å²) < 4.78 is 4.98. The summed E-state index contributed by atoms with van der Waals surface area (Å²) in [6.45, 7) is 5.58. The first kappa shape index (κ1) is 13.5. The highest BCUT2D eigenvalue weighted by Gasteiger charge is 2.12. The smallest absolute Gasteiger partial charge is 0.349 e. The molecule has 0 bridgehead atoms. The molecule has 0 atom stereocenters. The third-order valence-corrected chi connectivity index (χ3v) is 3.18. The molecule has 1 aromatic rings. The number of hydrogen-bond donors (Lipinski definition) is 0. The molecule has 0 saturated carbocycles. The molecule has 0 aliphatic rings. The Labute approximate surface area is 105 Å². The van der Waals surface area contributed by atoms with E-state index in [-0.39, 0.29) is 11.7 Å². The topological polar surface area (TPSA) is 50.1 Å². The first-order valence-corrected chi connectivity index (χ1v) is 6.30. The number of thiophene rings is 1. The summed E-state index contributed by atoms with van der Waals surface area (Å²) >= 11 is 1.58. The van der Waals surface area contributed by atoms with E-state index >= 15 is 0 Å². The number of rotatable bonds is 4. The van der Waals surface area contributed by atoms with E-state index in [0.29, 0.717) is 0 Å². The van der Waals surface area contributed by atoms with Gasteiger partial charge in [0.2, 0.25) is 0 Å². The maximum absolute atomic E-state index is 11.6. The van der Waals surface area contributed by atoms with E-state index in [9.17, 15) is 4.79 Å². The van der Waals surface area contributed by atoms with Crippen LogP contribution in [0.1, 0.15) is 30.5 Å². The van der Waals surface area contributed by atoms with E-state index in [2.05, 4.69) is 6.92 Å². The average Bonchev–Trinajstić information content (AvgIpc) is 2.72. The molecule has 4 heteroatoms. The van der Waals surface area contributed by atoms with Crippen molar-refractivity contribution in [2.75, 3.05) is 0 Å². The van der Waals surface area contributed by atoms with Gasteiger partial charge in [-0.2, -0.15) is 5.26 Å². The molecule has 0 aliphatic heterocycles. The lowest BCUT2D eigenvalue weighted by atomic mass is 10.2. The lowest BCUT2D eigenvalue weighted by Gasteiger charge is -2.05. The number of carbonyl (C=O) groups excluding carboxylic acids is 1. The van der Waals surface area contributed by atoms with E-state index in [1.807, 2.05) is 18.2 Å². The van der Waals surface area contributed by atoms with Crippen molar-refractivity contribution in [2.45, 2.75) is 33.3 Å². The summed E-state index contributed by atoms with van der Waals surface area (Å²) in [5.41, 5.74) is 0.0446. The SMILES string of the molecule is CCc1ccc(/C=C(/C#N)C(=O)OC(C)C)s1. The van der Waals surface area contributed by atoms with Crippen LogP contribution in [0.4, 0.5) is 0 Å². The zero-order valence-electron chi connectivity index (χ0n) is 10.2. The van der Waals surface area contributed by atoms with E-state index < -0.39 is 5.97 Å². The highest BCUT2D eigenvalue weighted by molar-refractivity contribution is 7.12. The molecule has 17 heavy (non-hydrogen) atoms. The summed E-state index contributed by atoms with van der Waals surface area (Å²) in [5, 5.41) is 8.92. The molecule has 0 spiro atoms. The van der Waals surface area contributed by atoms with Gasteiger partial charge in [-0.25, -0.2) is 4.79 Å². The van der Waals surface area contributed by atoms with Gasteiger partial charge in [-0.3, -0.25) is 0 Å². The largest absolute Gasteiger partial charge is 0.459 e. The van der Waals surface area contributed by atoms with E-state index in [4.69, 9.17) is 10.00 Å². The van der Waals surface area contributed by atoms with Crippen molar-refractivity contribution >= 4 is 23.4 Å². The number of aryl methyl sites for hydroxylation is 1. The molecule has 0 aliphatic carbocycles. The van der Waals surface area contributed by atoms with Crippen LogP contribution in [0.15, 0.2) is 17.7 Å². The Hall–Kier alpha value is -1.60. The molecule has 3 nitrogen and oxygen atoms in total. The molecule has 1 heterocycles. The number of nitrogens with zero attached hydrogens (tertiary/aromatic N) is 1. The number of carbonyl (C=O) groups is 1. The molecule has 1 aromatic heterocycles. The summed E-state index contributed by atoms with van der Waals surface area (Å²) in [4.78, 5) is 13.7. The Morgan fingerprint density at radius 2 is 2.29 bits per heavy atom. The molecular formula is C13H15NO2S. The van der Waals surface area contributed by atoms with Gasteiger partial charge < -0.3 is 4.74 Å². The minimum atomic E-state index is -0.561. The van der Waals surface area contributed by atoms with Gasteiger partial charge in [0.15, 0.2) is 0 Å². The van der Waals surface area contributed by atoms with Crippen LogP contribution in [0.5, 0.6) is 0 Å². The fraction of sp³-hybridized carbons (Fsp3) is 0.385. The van der Waals surface area contributed by atoms with Gasteiger partial charge in [0.1, 0.15) is 11.6 Å². The highest BCUT2D eigenvalue weighted by Crippen LogP contribution is 2.20. The van der Waals surface area contributed by atoms with Crippen LogP contribution >= 0.6 is 11.3 Å². The summed E-state index contributed by atoms with van der Waals surface area (Å²) in [5.74, 6) is -0.561. The second kappa shape index (κ2) is 6.21. The first-order valence-electron chi connectivity index (χ1n) is 5.48. The molecule has 0 N–H and O–H groups in total. The second-order valence-electron chi connectivity index (χ2n) is 3.78. The molecule has 0 fully saturated rings. The van der Waals surface area contributed by atoms with E-state index in [0.717, 1.165) is 11.3 Å². The Bertz CT molecular complexity index is 466. The zero-order chi connectivity index (χ0) is 12.8. The molecule has 0 saturated heterocycles. The molecule has 0 radical (unpaired) electrons. The molecular weight excluding hydrogens is 234 g/mol. The number of nitriles is 1. The fourth-order valence-electron chi connectivity index (χ4n) is 1.22. The van der Waals surface area contributed by atoms with Crippen molar-refractivity contribution in [1.29, 1.82) is 5.26 Å². The monoisotopic (exact) mass is 249 g/mol. The predicted octanol–water partition coefficient (Wildman–Crippen LogP) is 3.17. The lowest BCUT2D eigenvalue weighted by molar-refractivity contribution is -0.142. The van der Waals surface area contributed by atoms with Gasteiger partial charge in [-0.1, -0.05) is 6.92 Å². The van der Waals surface area contributed by atoms with Crippen LogP contribution in [0.25, 0.3) is 6.08 Å². The maximum Gasteiger partial charge on any atom is 0.349 e. The van der Waals surface area contributed by atoms with Crippen LogP contribution in [0, 0.1) is 11.3 Å². The number of esters is 1. The van der Waals surface area contributed by atoms with Crippen LogP contribution in [-0.2, 0) is 16.0 Å². The van der Waals surface area contributed by atoms with Crippen LogP contribution in [0.3, 0.4) is 0 Å². The molecule has 1 rings (SSSR count). The fourth-order valence-corrected chi connectivity index (χ4v) is 2.11. The van der Waals surface area contributed by atoms with Crippen LogP contribution < -0.4 is 0 Å². The second-order valence-corrected chi connectivity index (χ2v) is 4.98. The number of ether oxygens (including phenoxy) is 1. The quantitative estimate of drug-likeness (QED) is 0.468. The third-order valence-electron chi connectivity index (χ3n) is 2.00. The Morgan fingerprint density at radius 3 is 2.76 bits per heavy atom. The molecule has 0 amide bonds. The van der Waals surface area contributed by atoms with Gasteiger partial charge >= 0.3 is 5.97 Å². The minimum Gasteiger partial charge on any atom is -0.459 e. The standard InChI is InChI=1S/C13H15NO2S/c1-4-11-5-6-12(17-11)7-10(8-14)13(15)16-9(2)3/h5-7,9H,4H2,1-3H3/b10-7-. The van der Waals surface area contributed by atoms with E-state index in [1.165, 1.54) is 4.88 Å². The highest BCUT2D eigenvalue weighted by atomic mass is 32.1. The van der Waals surface area contributed by atoms with Crippen molar-refractivity contribution in [3.05, 3.63) is 27.5 Å². The average molecular weight is 249 g/mol. The minimum absolute atomic E-state index is 0.0446. The first-order chi connectivity index (χ1) is 8.06. The predicted molar refractivity (Wildman–Crippen MR) is 68.5 cm³/mol. The van der Waals surface area contributed by atoms with Crippen molar-refractivity contribution in [3.8, 4) is 6.07 Å². The van der Waals surface area contributed by atoms with Gasteiger partial charge in [-0.05, 0) is 38.5 Å². The van der Waals surface area contributed by atoms with Gasteiger partial charge in [0.25, 0.3) is 0 Å². The summed E-state index contributed by atoms with van der Waals surface area (Å²) in [7, 11) is 0. The van der Waals surface area contributed by atoms with Crippen LogP contribution in [-0.4, -0.2) is 12.1 Å². The van der Waals surface area contributed by atoms with Gasteiger partial charge in [0.05, 0.1) is 6.10 Å². The molecule has 0 aromatic carbocycles. The van der Waals surface area contributed by atoms with Crippen molar-refractivity contribution in [1.82, 2.24) is 0 Å². The van der Waals surface area contributed by atoms with Crippen molar-refractivity contribution in [2.24, 2.45) is 0 Å². The third kappa shape index (κ3) is 4.04. The van der Waals surface area contributed by atoms with Crippen molar-refractivity contribution in [3.63, 3.8) is 0 Å². The molecule has 0 unspecified atom stereocenters. The Morgan fingerprint density at radius 1 is 1.59 bits per heavy atom. The lowest BCUT2D eigenvalue weighted by Crippen LogP contribution is -2.12. The summed E-state index contributed by atoms with van der Waals surface area (Å²) in [6, 6.07) is 5.78. The van der Waals surface area contributed by atoms with Crippen LogP contribution in [0.2, 0.25) is 0 Å². The maximum atomic E-state index is 11.6. The number of hydrogen-bond acceptors (Lipinski definition) is 4. The van der Waals surface area contributed by atoms with Gasteiger partial charge in [0, 0.05) is 9.75 Å². The molecule has 90 valence electrons. The van der Waals surface area contributed by atoms with Gasteiger partial charge in [-0.15, -0.1) is 11.3 Å². The van der Waals surface area contributed by atoms with Crippen molar-refractivity contribution < 1.29 is 9.53 Å². The van der Waals surface area contributed by atoms with E-state index in [1.54, 1.807) is 31.3 Å². The summed E-state index contributed by atoms with van der Waals surface area (Å²) in [6.07, 6.45) is 2.32. The zero-order valence-corrected chi connectivity index (χ0v) is 11.0. The Kier molecular flexibility index (Phi) is 4.92. The Balaban J connectivity index is 2.87.